The van der Waals surface area contributed by atoms with Crippen LogP contribution >= 0.6 is 0 Å². The van der Waals surface area contributed by atoms with Crippen LogP contribution in [0, 0.1) is 0 Å². The third kappa shape index (κ3) is 24.5. The fraction of sp³-hybridized carbons (Fsp3) is 0.114. The van der Waals surface area contributed by atoms with Crippen molar-refractivity contribution < 1.29 is 0 Å². The lowest BCUT2D eigenvalue weighted by Gasteiger charge is -2.11. The second-order valence-electron chi connectivity index (χ2n) is 18.4. The van der Waals surface area contributed by atoms with Crippen LogP contribution in [-0.4, -0.2) is 0 Å². The van der Waals surface area contributed by atoms with Crippen LogP contribution in [0.2, 0.25) is 0 Å². The molecule has 0 aromatic heterocycles. The van der Waals surface area contributed by atoms with Crippen molar-refractivity contribution in [2.45, 2.75) is 69.2 Å². The summed E-state index contributed by atoms with van der Waals surface area (Å²) in [6.45, 7) is 20.0. The summed E-state index contributed by atoms with van der Waals surface area (Å²) in [6, 6.07) is 131. The summed E-state index contributed by atoms with van der Waals surface area (Å²) in [5.41, 5.74) is 20.1. The van der Waals surface area contributed by atoms with E-state index in [1.165, 1.54) is 89.0 Å². The lowest BCUT2D eigenvalue weighted by atomic mass is 9.93. The number of benzene rings is 13. The molecule has 0 bridgehead atoms. The Hall–Kier alpha value is -10.1. The van der Waals surface area contributed by atoms with Crippen molar-refractivity contribution in [1.82, 2.24) is 0 Å². The van der Waals surface area contributed by atoms with Crippen LogP contribution in [-0.2, 0) is 0 Å². The average molecular weight is 1150 g/mol. The van der Waals surface area contributed by atoms with Gasteiger partial charge in [0.05, 0.1) is 0 Å². The standard InChI is InChI=1S/C24H18.2C18H14.C12H10.C6H6.5C2H6/c1-4-10-19(11-5-1)22-16-23(20-12-6-2-7-13-20)18-24(17-22)21-14-8-3-9-15-21;2*1-3-8-15(9-4-1)17-12-7-13-18(14-17)16-10-5-2-6-11-16;1-3-7-11(8-4-1)12-9-5-2-6-10-12;1-2-4-6-5-3-1;5*1-2/h1-18H;2*1-14H;1-10H;1-6H;5*1-2H3. The van der Waals surface area contributed by atoms with Crippen LogP contribution in [0.25, 0.3) is 89.0 Å². The highest BCUT2D eigenvalue weighted by atomic mass is 14.1. The number of hydrogen-bond acceptors (Lipinski definition) is 0. The van der Waals surface area contributed by atoms with Gasteiger partial charge >= 0.3 is 0 Å². The summed E-state index contributed by atoms with van der Waals surface area (Å²) in [6.07, 6.45) is 0. The maximum Gasteiger partial charge on any atom is -0.0172 e. The second-order valence-corrected chi connectivity index (χ2v) is 18.4. The number of hydrogen-bond donors (Lipinski definition) is 0. The van der Waals surface area contributed by atoms with Crippen LogP contribution in [0.4, 0.5) is 0 Å². The van der Waals surface area contributed by atoms with Crippen LogP contribution in [0.5, 0.6) is 0 Å². The molecule has 0 heteroatoms. The molecule has 0 amide bonds. The first kappa shape index (κ1) is 70.3. The molecule has 0 radical (unpaired) electrons. The zero-order valence-corrected chi connectivity index (χ0v) is 53.8. The molecular formula is C88H92. The fourth-order valence-corrected chi connectivity index (χ4v) is 8.94. The van der Waals surface area contributed by atoms with Crippen molar-refractivity contribution in [3.05, 3.63) is 376 Å². The van der Waals surface area contributed by atoms with E-state index >= 15 is 0 Å². The highest BCUT2D eigenvalue weighted by Crippen LogP contribution is 2.33. The Labute approximate surface area is 531 Å². The molecule has 0 heterocycles. The summed E-state index contributed by atoms with van der Waals surface area (Å²) < 4.78 is 0. The molecule has 13 rings (SSSR count). The minimum absolute atomic E-state index is 1.24. The van der Waals surface area contributed by atoms with Gasteiger partial charge in [-0.2, -0.15) is 0 Å². The number of rotatable bonds is 8. The van der Waals surface area contributed by atoms with Gasteiger partial charge in [-0.1, -0.05) is 415 Å². The monoisotopic (exact) mass is 1150 g/mol. The van der Waals surface area contributed by atoms with Crippen LogP contribution in [0.1, 0.15) is 69.2 Å². The minimum Gasteiger partial charge on any atom is -0.0683 e. The van der Waals surface area contributed by atoms with Gasteiger partial charge in [0.25, 0.3) is 0 Å². The molecule has 0 aliphatic carbocycles. The molecule has 0 aliphatic heterocycles. The topological polar surface area (TPSA) is 0 Å². The van der Waals surface area contributed by atoms with Gasteiger partial charge in [-0.15, -0.1) is 0 Å². The summed E-state index contributed by atoms with van der Waals surface area (Å²) in [4.78, 5) is 0. The first-order valence-electron chi connectivity index (χ1n) is 31.6. The molecule has 0 spiro atoms. The van der Waals surface area contributed by atoms with Gasteiger partial charge in [0.15, 0.2) is 0 Å². The van der Waals surface area contributed by atoms with E-state index in [2.05, 4.69) is 303 Å². The normalized spacial score (nSPS) is 9.25. The molecule has 0 atom stereocenters. The van der Waals surface area contributed by atoms with Gasteiger partial charge < -0.3 is 0 Å². The molecular weight excluding hydrogens is 1060 g/mol. The van der Waals surface area contributed by atoms with Gasteiger partial charge in [0.1, 0.15) is 0 Å². The largest absolute Gasteiger partial charge is 0.0683 e. The molecule has 88 heavy (non-hydrogen) atoms. The smallest absolute Gasteiger partial charge is 0.0172 e. The van der Waals surface area contributed by atoms with Crippen molar-refractivity contribution in [3.8, 4) is 89.0 Å². The predicted molar refractivity (Wildman–Crippen MR) is 392 cm³/mol. The lowest BCUT2D eigenvalue weighted by molar-refractivity contribution is 1.50. The maximum absolute atomic E-state index is 2.27. The predicted octanol–water partition coefficient (Wildman–Crippen LogP) is 26.9. The minimum atomic E-state index is 1.24. The highest BCUT2D eigenvalue weighted by molar-refractivity contribution is 5.81. The van der Waals surface area contributed by atoms with Crippen molar-refractivity contribution in [2.24, 2.45) is 0 Å². The van der Waals surface area contributed by atoms with E-state index < -0.39 is 0 Å². The first-order chi connectivity index (χ1) is 43.7. The maximum atomic E-state index is 2.27. The van der Waals surface area contributed by atoms with E-state index in [1.54, 1.807) is 0 Å². The third-order valence-electron chi connectivity index (χ3n) is 13.0. The van der Waals surface area contributed by atoms with E-state index in [9.17, 15) is 0 Å². The summed E-state index contributed by atoms with van der Waals surface area (Å²) in [7, 11) is 0. The Morgan fingerprint density at radius 1 is 0.0909 bits per heavy atom. The first-order valence-corrected chi connectivity index (χ1v) is 31.6. The lowest BCUT2D eigenvalue weighted by Crippen LogP contribution is -1.85. The Morgan fingerprint density at radius 2 is 0.182 bits per heavy atom. The SMILES string of the molecule is CC.CC.CC.CC.CC.c1ccc(-c2cc(-c3ccccc3)cc(-c3ccccc3)c2)cc1.c1ccc(-c2cccc(-c3ccccc3)c2)cc1.c1ccc(-c2cccc(-c3ccccc3)c2)cc1.c1ccc(-c2ccccc2)cc1.c1ccccc1. The molecule has 0 fully saturated rings. The van der Waals surface area contributed by atoms with E-state index in [1.807, 2.05) is 142 Å². The molecule has 0 saturated carbocycles. The molecule has 444 valence electrons. The van der Waals surface area contributed by atoms with Crippen LogP contribution < -0.4 is 0 Å². The van der Waals surface area contributed by atoms with Gasteiger partial charge in [-0.3, -0.25) is 0 Å². The molecule has 0 N–H and O–H groups in total. The molecule has 0 nitrogen and oxygen atoms in total. The summed E-state index contributed by atoms with van der Waals surface area (Å²) in [5.74, 6) is 0. The molecule has 0 saturated heterocycles. The van der Waals surface area contributed by atoms with Crippen LogP contribution in [0.15, 0.2) is 376 Å². The van der Waals surface area contributed by atoms with E-state index in [0.29, 0.717) is 0 Å². The quantitative estimate of drug-likeness (QED) is 0.142. The molecule has 0 unspecified atom stereocenters. The Kier molecular flexibility index (Phi) is 35.5. The van der Waals surface area contributed by atoms with Gasteiger partial charge in [-0.25, -0.2) is 0 Å². The Balaban J connectivity index is 0.000000236. The van der Waals surface area contributed by atoms with Gasteiger partial charge in [0.2, 0.25) is 0 Å². The second kappa shape index (κ2) is 44.4. The summed E-state index contributed by atoms with van der Waals surface area (Å²) >= 11 is 0. The molecule has 13 aromatic carbocycles. The fourth-order valence-electron chi connectivity index (χ4n) is 8.94. The van der Waals surface area contributed by atoms with E-state index in [-0.39, 0.29) is 0 Å². The molecule has 0 aliphatic rings. The zero-order chi connectivity index (χ0) is 63.1. The average Bonchev–Trinajstić information content (AvgIpc) is 3.33. The summed E-state index contributed by atoms with van der Waals surface area (Å²) in [5, 5.41) is 0. The molecule has 13 aromatic rings. The Morgan fingerprint density at radius 3 is 0.330 bits per heavy atom. The van der Waals surface area contributed by atoms with E-state index in [4.69, 9.17) is 0 Å². The highest BCUT2D eigenvalue weighted by Gasteiger charge is 2.08. The third-order valence-corrected chi connectivity index (χ3v) is 13.0. The van der Waals surface area contributed by atoms with Gasteiger partial charge in [-0.05, 0) is 119 Å². The van der Waals surface area contributed by atoms with Crippen molar-refractivity contribution >= 4 is 0 Å². The van der Waals surface area contributed by atoms with Crippen LogP contribution in [0.3, 0.4) is 0 Å². The Bertz CT molecular complexity index is 3270. The zero-order valence-electron chi connectivity index (χ0n) is 53.8. The van der Waals surface area contributed by atoms with Crippen molar-refractivity contribution in [2.75, 3.05) is 0 Å². The van der Waals surface area contributed by atoms with Crippen molar-refractivity contribution in [3.63, 3.8) is 0 Å². The van der Waals surface area contributed by atoms with Gasteiger partial charge in [0, 0.05) is 0 Å². The van der Waals surface area contributed by atoms with Crippen molar-refractivity contribution in [1.29, 1.82) is 0 Å². The van der Waals surface area contributed by atoms with E-state index in [0.717, 1.165) is 0 Å².